The molecular weight excluding hydrogens is 537 g/mol. The first-order chi connectivity index (χ1) is 15.0. The van der Waals surface area contributed by atoms with Gasteiger partial charge in [-0.3, -0.25) is 4.99 Å². The van der Waals surface area contributed by atoms with Gasteiger partial charge in [-0.1, -0.05) is 24.6 Å². The number of nitrogens with zero attached hydrogens (tertiary/aromatic N) is 3. The number of piperidine rings is 2. The third-order valence-corrected chi connectivity index (χ3v) is 8.50. The van der Waals surface area contributed by atoms with E-state index in [2.05, 4.69) is 27.4 Å². The van der Waals surface area contributed by atoms with Crippen LogP contribution in [0.5, 0.6) is 0 Å². The summed E-state index contributed by atoms with van der Waals surface area (Å²) in [5, 5.41) is 6.85. The van der Waals surface area contributed by atoms with Crippen LogP contribution in [0, 0.1) is 5.92 Å². The molecule has 2 N–H and O–H groups in total. The Labute approximate surface area is 211 Å². The minimum Gasteiger partial charge on any atom is -0.356 e. The smallest absolute Gasteiger partial charge is 0.243 e. The van der Waals surface area contributed by atoms with Crippen molar-refractivity contribution in [3.8, 4) is 0 Å². The molecule has 0 aromatic heterocycles. The summed E-state index contributed by atoms with van der Waals surface area (Å²) in [4.78, 5) is 7.32. The van der Waals surface area contributed by atoms with Gasteiger partial charge in [-0.05, 0) is 63.6 Å². The van der Waals surface area contributed by atoms with Gasteiger partial charge in [0, 0.05) is 45.8 Å². The second-order valence-corrected chi connectivity index (χ2v) is 10.7. The minimum atomic E-state index is -3.38. The van der Waals surface area contributed by atoms with Crippen LogP contribution in [-0.2, 0) is 10.0 Å². The molecule has 2 fully saturated rings. The first-order valence-corrected chi connectivity index (χ1v) is 13.2. The second kappa shape index (κ2) is 13.7. The van der Waals surface area contributed by atoms with E-state index in [4.69, 9.17) is 0 Å². The van der Waals surface area contributed by atoms with Crippen molar-refractivity contribution in [3.63, 3.8) is 0 Å². The molecule has 1 unspecified atom stereocenters. The normalized spacial score (nSPS) is 21.7. The standard InChI is InChI=1S/C23H39N5O2S.HI/c1-20-9-6-7-15-27(20)16-8-14-25-23(24-2)26-19-21-12-17-28(18-13-21)31(29,30)22-10-4-3-5-11-22;/h3-5,10-11,20-21H,6-9,12-19H2,1-2H3,(H2,24,25,26);1H. The first-order valence-electron chi connectivity index (χ1n) is 11.7. The van der Waals surface area contributed by atoms with Crippen molar-refractivity contribution in [1.29, 1.82) is 0 Å². The molecule has 0 radical (unpaired) electrons. The number of likely N-dealkylation sites (tertiary alicyclic amines) is 1. The highest BCUT2D eigenvalue weighted by Gasteiger charge is 2.29. The minimum absolute atomic E-state index is 0. The van der Waals surface area contributed by atoms with Crippen LogP contribution >= 0.6 is 24.0 Å². The molecule has 1 aromatic carbocycles. The number of guanidine groups is 1. The van der Waals surface area contributed by atoms with Crippen molar-refractivity contribution in [3.05, 3.63) is 30.3 Å². The Balaban J connectivity index is 0.00000363. The van der Waals surface area contributed by atoms with Crippen molar-refractivity contribution >= 4 is 40.0 Å². The Kier molecular flexibility index (Phi) is 11.7. The summed E-state index contributed by atoms with van der Waals surface area (Å²) in [7, 11) is -1.57. The summed E-state index contributed by atoms with van der Waals surface area (Å²) in [6, 6.07) is 9.44. The monoisotopic (exact) mass is 577 g/mol. The number of halogens is 1. The van der Waals surface area contributed by atoms with E-state index >= 15 is 0 Å². The quantitative estimate of drug-likeness (QED) is 0.215. The van der Waals surface area contributed by atoms with Crippen molar-refractivity contribution in [1.82, 2.24) is 19.8 Å². The lowest BCUT2D eigenvalue weighted by Gasteiger charge is -2.33. The van der Waals surface area contributed by atoms with Crippen LogP contribution in [0.2, 0.25) is 0 Å². The third kappa shape index (κ3) is 7.85. The molecule has 0 saturated carbocycles. The fourth-order valence-corrected chi connectivity index (χ4v) is 6.03. The fraction of sp³-hybridized carbons (Fsp3) is 0.696. The molecular formula is C23H40IN5O2S. The van der Waals surface area contributed by atoms with Gasteiger partial charge < -0.3 is 15.5 Å². The molecule has 0 amide bonds. The molecule has 0 bridgehead atoms. The van der Waals surface area contributed by atoms with E-state index in [1.54, 1.807) is 35.6 Å². The number of sulfonamides is 1. The molecule has 182 valence electrons. The van der Waals surface area contributed by atoms with E-state index in [1.165, 1.54) is 25.8 Å². The molecule has 1 aromatic rings. The number of aliphatic imine (C=N–C) groups is 1. The summed E-state index contributed by atoms with van der Waals surface area (Å²) in [5.74, 6) is 1.29. The van der Waals surface area contributed by atoms with Gasteiger partial charge >= 0.3 is 0 Å². The highest BCUT2D eigenvalue weighted by Crippen LogP contribution is 2.23. The lowest BCUT2D eigenvalue weighted by Crippen LogP contribution is -2.45. The van der Waals surface area contributed by atoms with Gasteiger partial charge in [-0.15, -0.1) is 24.0 Å². The van der Waals surface area contributed by atoms with Crippen LogP contribution in [0.3, 0.4) is 0 Å². The number of hydrogen-bond acceptors (Lipinski definition) is 4. The largest absolute Gasteiger partial charge is 0.356 e. The molecule has 32 heavy (non-hydrogen) atoms. The zero-order valence-corrected chi connectivity index (χ0v) is 22.6. The van der Waals surface area contributed by atoms with Gasteiger partial charge in [0.05, 0.1) is 4.90 Å². The lowest BCUT2D eigenvalue weighted by molar-refractivity contribution is 0.159. The lowest BCUT2D eigenvalue weighted by atomic mass is 9.98. The highest BCUT2D eigenvalue weighted by molar-refractivity contribution is 14.0. The van der Waals surface area contributed by atoms with Gasteiger partial charge in [0.15, 0.2) is 5.96 Å². The zero-order valence-electron chi connectivity index (χ0n) is 19.5. The van der Waals surface area contributed by atoms with E-state index in [0.29, 0.717) is 29.9 Å². The van der Waals surface area contributed by atoms with Gasteiger partial charge in [0.1, 0.15) is 0 Å². The maximum atomic E-state index is 12.8. The van der Waals surface area contributed by atoms with Gasteiger partial charge in [0.25, 0.3) is 0 Å². The molecule has 2 aliphatic heterocycles. The maximum absolute atomic E-state index is 12.8. The van der Waals surface area contributed by atoms with E-state index < -0.39 is 10.0 Å². The van der Waals surface area contributed by atoms with Crippen LogP contribution < -0.4 is 10.6 Å². The van der Waals surface area contributed by atoms with Crippen LogP contribution in [0.25, 0.3) is 0 Å². The Bertz CT molecular complexity index is 798. The van der Waals surface area contributed by atoms with Gasteiger partial charge in [0.2, 0.25) is 10.0 Å². The summed E-state index contributed by atoms with van der Waals surface area (Å²) in [6.07, 6.45) is 6.85. The Morgan fingerprint density at radius 2 is 1.78 bits per heavy atom. The van der Waals surface area contributed by atoms with Gasteiger partial charge in [-0.2, -0.15) is 4.31 Å². The maximum Gasteiger partial charge on any atom is 0.243 e. The summed E-state index contributed by atoms with van der Waals surface area (Å²) >= 11 is 0. The van der Waals surface area contributed by atoms with Crippen molar-refractivity contribution in [2.24, 2.45) is 10.9 Å². The molecule has 2 aliphatic rings. The van der Waals surface area contributed by atoms with E-state index in [9.17, 15) is 8.42 Å². The van der Waals surface area contributed by atoms with E-state index in [1.807, 2.05) is 6.07 Å². The molecule has 1 atom stereocenters. The van der Waals surface area contributed by atoms with Crippen molar-refractivity contribution in [2.45, 2.75) is 56.4 Å². The molecule has 2 heterocycles. The number of hydrogen-bond donors (Lipinski definition) is 2. The average molecular weight is 578 g/mol. The molecule has 0 spiro atoms. The van der Waals surface area contributed by atoms with Crippen molar-refractivity contribution in [2.75, 3.05) is 46.3 Å². The molecule has 9 heteroatoms. The van der Waals surface area contributed by atoms with Crippen LogP contribution in [0.1, 0.15) is 45.4 Å². The predicted octanol–water partition coefficient (Wildman–Crippen LogP) is 3.13. The molecule has 2 saturated heterocycles. The third-order valence-electron chi connectivity index (χ3n) is 6.59. The number of nitrogens with one attached hydrogen (secondary N) is 2. The van der Waals surface area contributed by atoms with Gasteiger partial charge in [-0.25, -0.2) is 8.42 Å². The highest BCUT2D eigenvalue weighted by atomic mass is 127. The number of benzene rings is 1. The summed E-state index contributed by atoms with van der Waals surface area (Å²) < 4.78 is 27.1. The Morgan fingerprint density at radius 1 is 1.06 bits per heavy atom. The molecule has 7 nitrogen and oxygen atoms in total. The summed E-state index contributed by atoms with van der Waals surface area (Å²) in [6.45, 7) is 7.59. The van der Waals surface area contributed by atoms with Crippen LogP contribution in [0.15, 0.2) is 40.2 Å². The zero-order chi connectivity index (χ0) is 22.1. The van der Waals surface area contributed by atoms with E-state index in [0.717, 1.165) is 44.9 Å². The first kappa shape index (κ1) is 27.3. The topological polar surface area (TPSA) is 77.0 Å². The van der Waals surface area contributed by atoms with Crippen LogP contribution in [0.4, 0.5) is 0 Å². The predicted molar refractivity (Wildman–Crippen MR) is 142 cm³/mol. The SMILES string of the molecule is CN=C(NCCCN1CCCCC1C)NCC1CCN(S(=O)(=O)c2ccccc2)CC1.I. The number of rotatable bonds is 8. The summed E-state index contributed by atoms with van der Waals surface area (Å²) in [5.41, 5.74) is 0. The van der Waals surface area contributed by atoms with Crippen LogP contribution in [-0.4, -0.2) is 75.9 Å². The van der Waals surface area contributed by atoms with Crippen molar-refractivity contribution < 1.29 is 8.42 Å². The molecule has 0 aliphatic carbocycles. The Morgan fingerprint density at radius 3 is 2.44 bits per heavy atom. The Hall–Kier alpha value is -0.910. The second-order valence-electron chi connectivity index (χ2n) is 8.77. The van der Waals surface area contributed by atoms with E-state index in [-0.39, 0.29) is 24.0 Å². The average Bonchev–Trinajstić information content (AvgIpc) is 2.80. The fourth-order valence-electron chi connectivity index (χ4n) is 4.54. The molecule has 3 rings (SSSR count).